The van der Waals surface area contributed by atoms with E-state index in [2.05, 4.69) is 41.7 Å². The molecule has 0 spiro atoms. The first-order valence-electron chi connectivity index (χ1n) is 5.19. The van der Waals surface area contributed by atoms with Gasteiger partial charge in [-0.2, -0.15) is 0 Å². The molecule has 0 aliphatic rings. The van der Waals surface area contributed by atoms with Crippen LogP contribution in [0.5, 0.6) is 0 Å². The van der Waals surface area contributed by atoms with Gasteiger partial charge in [0.05, 0.1) is 5.69 Å². The highest BCUT2D eigenvalue weighted by Crippen LogP contribution is 2.27. The third-order valence-electron chi connectivity index (χ3n) is 2.34. The summed E-state index contributed by atoms with van der Waals surface area (Å²) in [5, 5.41) is 0. The molecule has 2 aromatic rings. The molecule has 3 heteroatoms. The zero-order chi connectivity index (χ0) is 11.8. The fourth-order valence-electron chi connectivity index (χ4n) is 1.37. The molecule has 84 valence electrons. The molecule has 1 aromatic heterocycles. The predicted octanol–water partition coefficient (Wildman–Crippen LogP) is 4.40. The third-order valence-corrected chi connectivity index (χ3v) is 2.84. The molecule has 2 nitrogen and oxygen atoms in total. The molecule has 0 amide bonds. The van der Waals surface area contributed by atoms with Gasteiger partial charge in [-0.1, -0.05) is 42.8 Å². The Labute approximate surface area is 104 Å². The standard InChI is InChI=1S/C13H14BrNO/c1-13(2,3)11-8-16-12(15-11)9-5-4-6-10(14)7-9/h4-8H,1-3H3. The summed E-state index contributed by atoms with van der Waals surface area (Å²) < 4.78 is 6.53. The zero-order valence-electron chi connectivity index (χ0n) is 9.62. The van der Waals surface area contributed by atoms with Gasteiger partial charge >= 0.3 is 0 Å². The smallest absolute Gasteiger partial charge is 0.226 e. The van der Waals surface area contributed by atoms with Gasteiger partial charge in [0, 0.05) is 15.5 Å². The number of aromatic nitrogens is 1. The van der Waals surface area contributed by atoms with E-state index >= 15 is 0 Å². The molecule has 0 atom stereocenters. The van der Waals surface area contributed by atoms with E-state index in [1.807, 2.05) is 24.3 Å². The second-order valence-corrected chi connectivity index (χ2v) is 5.71. The average Bonchev–Trinajstić information content (AvgIpc) is 2.65. The van der Waals surface area contributed by atoms with Gasteiger partial charge in [0.2, 0.25) is 5.89 Å². The zero-order valence-corrected chi connectivity index (χ0v) is 11.2. The lowest BCUT2D eigenvalue weighted by atomic mass is 9.93. The SMILES string of the molecule is CC(C)(C)c1coc(-c2cccc(Br)c2)n1. The Kier molecular flexibility index (Phi) is 2.89. The fourth-order valence-corrected chi connectivity index (χ4v) is 1.77. The van der Waals surface area contributed by atoms with E-state index in [-0.39, 0.29) is 5.41 Å². The number of nitrogens with zero attached hydrogens (tertiary/aromatic N) is 1. The fraction of sp³-hybridized carbons (Fsp3) is 0.308. The van der Waals surface area contributed by atoms with Crippen LogP contribution in [-0.4, -0.2) is 4.98 Å². The summed E-state index contributed by atoms with van der Waals surface area (Å²) in [4.78, 5) is 4.51. The topological polar surface area (TPSA) is 26.0 Å². The summed E-state index contributed by atoms with van der Waals surface area (Å²) in [6, 6.07) is 7.94. The number of hydrogen-bond donors (Lipinski definition) is 0. The summed E-state index contributed by atoms with van der Waals surface area (Å²) in [6.07, 6.45) is 1.73. The number of halogens is 1. The maximum Gasteiger partial charge on any atom is 0.226 e. The van der Waals surface area contributed by atoms with Gasteiger partial charge in [0.15, 0.2) is 0 Å². The molecule has 2 rings (SSSR count). The van der Waals surface area contributed by atoms with Crippen LogP contribution in [0.2, 0.25) is 0 Å². The minimum atomic E-state index is 0.0216. The minimum Gasteiger partial charge on any atom is -0.444 e. The highest BCUT2D eigenvalue weighted by atomic mass is 79.9. The van der Waals surface area contributed by atoms with Crippen LogP contribution in [0, 0.1) is 0 Å². The van der Waals surface area contributed by atoms with Crippen molar-refractivity contribution in [1.82, 2.24) is 4.98 Å². The van der Waals surface area contributed by atoms with E-state index in [0.717, 1.165) is 15.7 Å². The van der Waals surface area contributed by atoms with Gasteiger partial charge in [-0.15, -0.1) is 0 Å². The van der Waals surface area contributed by atoms with Crippen molar-refractivity contribution in [2.75, 3.05) is 0 Å². The number of hydrogen-bond acceptors (Lipinski definition) is 2. The highest BCUT2D eigenvalue weighted by Gasteiger charge is 2.19. The summed E-state index contributed by atoms with van der Waals surface area (Å²) in [5.41, 5.74) is 1.99. The lowest BCUT2D eigenvalue weighted by Gasteiger charge is -2.12. The molecule has 0 fully saturated rings. The van der Waals surface area contributed by atoms with Crippen molar-refractivity contribution >= 4 is 15.9 Å². The van der Waals surface area contributed by atoms with Crippen molar-refractivity contribution in [2.24, 2.45) is 0 Å². The molecule has 1 aromatic carbocycles. The second kappa shape index (κ2) is 4.06. The third kappa shape index (κ3) is 2.35. The average molecular weight is 280 g/mol. The van der Waals surface area contributed by atoms with Crippen molar-refractivity contribution in [1.29, 1.82) is 0 Å². The van der Waals surface area contributed by atoms with Crippen LogP contribution in [0.4, 0.5) is 0 Å². The second-order valence-electron chi connectivity index (χ2n) is 4.80. The Morgan fingerprint density at radius 1 is 1.25 bits per heavy atom. The van der Waals surface area contributed by atoms with Crippen LogP contribution in [0.25, 0.3) is 11.5 Å². The summed E-state index contributed by atoms with van der Waals surface area (Å²) in [7, 11) is 0. The van der Waals surface area contributed by atoms with Gasteiger partial charge < -0.3 is 4.42 Å². The number of oxazole rings is 1. The Morgan fingerprint density at radius 3 is 2.56 bits per heavy atom. The van der Waals surface area contributed by atoms with Crippen molar-refractivity contribution in [3.8, 4) is 11.5 Å². The van der Waals surface area contributed by atoms with Gasteiger partial charge in [0.25, 0.3) is 0 Å². The molecule has 0 saturated heterocycles. The van der Waals surface area contributed by atoms with E-state index in [1.54, 1.807) is 6.26 Å². The molecule has 0 N–H and O–H groups in total. The lowest BCUT2D eigenvalue weighted by Crippen LogP contribution is -2.11. The summed E-state index contributed by atoms with van der Waals surface area (Å²) in [6.45, 7) is 6.36. The molecule has 0 saturated carbocycles. The van der Waals surface area contributed by atoms with Gasteiger partial charge in [-0.3, -0.25) is 0 Å². The van der Waals surface area contributed by atoms with Crippen molar-refractivity contribution in [3.63, 3.8) is 0 Å². The van der Waals surface area contributed by atoms with Crippen LogP contribution in [0.3, 0.4) is 0 Å². The van der Waals surface area contributed by atoms with Crippen LogP contribution in [0.15, 0.2) is 39.4 Å². The first-order valence-corrected chi connectivity index (χ1v) is 5.98. The number of rotatable bonds is 1. The molecule has 0 unspecified atom stereocenters. The number of benzene rings is 1. The summed E-state index contributed by atoms with van der Waals surface area (Å²) >= 11 is 3.44. The minimum absolute atomic E-state index is 0.0216. The van der Waals surface area contributed by atoms with Crippen LogP contribution < -0.4 is 0 Å². The summed E-state index contributed by atoms with van der Waals surface area (Å²) in [5.74, 6) is 0.672. The molecule has 0 aliphatic carbocycles. The van der Waals surface area contributed by atoms with Crippen molar-refractivity contribution in [3.05, 3.63) is 40.7 Å². The van der Waals surface area contributed by atoms with E-state index in [4.69, 9.17) is 4.42 Å². The molecule has 0 bridgehead atoms. The molecule has 1 heterocycles. The molecular weight excluding hydrogens is 266 g/mol. The monoisotopic (exact) mass is 279 g/mol. The normalized spacial score (nSPS) is 11.8. The molecule has 0 radical (unpaired) electrons. The van der Waals surface area contributed by atoms with E-state index in [1.165, 1.54) is 0 Å². The molecule has 16 heavy (non-hydrogen) atoms. The quantitative estimate of drug-likeness (QED) is 0.773. The Balaban J connectivity index is 2.39. The van der Waals surface area contributed by atoms with Gasteiger partial charge in [-0.25, -0.2) is 4.98 Å². The van der Waals surface area contributed by atoms with Crippen molar-refractivity contribution < 1.29 is 4.42 Å². The van der Waals surface area contributed by atoms with Crippen LogP contribution in [-0.2, 0) is 5.41 Å². The van der Waals surface area contributed by atoms with Gasteiger partial charge in [0.1, 0.15) is 6.26 Å². The van der Waals surface area contributed by atoms with E-state index in [9.17, 15) is 0 Å². The van der Waals surface area contributed by atoms with E-state index < -0.39 is 0 Å². The first kappa shape index (κ1) is 11.4. The largest absolute Gasteiger partial charge is 0.444 e. The molecular formula is C13H14BrNO. The van der Waals surface area contributed by atoms with Crippen LogP contribution in [0.1, 0.15) is 26.5 Å². The van der Waals surface area contributed by atoms with Gasteiger partial charge in [-0.05, 0) is 18.2 Å². The van der Waals surface area contributed by atoms with E-state index in [0.29, 0.717) is 5.89 Å². The lowest BCUT2D eigenvalue weighted by molar-refractivity contribution is 0.544. The first-order chi connectivity index (χ1) is 7.47. The Bertz CT molecular complexity index is 497. The maximum atomic E-state index is 5.50. The predicted molar refractivity (Wildman–Crippen MR) is 68.3 cm³/mol. The Morgan fingerprint density at radius 2 is 2.00 bits per heavy atom. The highest BCUT2D eigenvalue weighted by molar-refractivity contribution is 9.10. The Hall–Kier alpha value is -1.09. The maximum absolute atomic E-state index is 5.50. The van der Waals surface area contributed by atoms with Crippen molar-refractivity contribution in [2.45, 2.75) is 26.2 Å². The van der Waals surface area contributed by atoms with Crippen LogP contribution >= 0.6 is 15.9 Å². The molecule has 0 aliphatic heterocycles.